The second kappa shape index (κ2) is 7.67. The Morgan fingerprint density at radius 1 is 1.70 bits per heavy atom. The van der Waals surface area contributed by atoms with E-state index >= 15 is 0 Å². The van der Waals surface area contributed by atoms with Gasteiger partial charge in [-0.2, -0.15) is 5.26 Å². The van der Waals surface area contributed by atoms with Crippen LogP contribution in [0, 0.1) is 11.5 Å². The van der Waals surface area contributed by atoms with Crippen molar-refractivity contribution in [1.29, 1.82) is 5.26 Å². The van der Waals surface area contributed by atoms with E-state index in [0.29, 0.717) is 5.96 Å². The number of guanidine groups is 1. The summed E-state index contributed by atoms with van der Waals surface area (Å²) in [5, 5.41) is 12.0. The van der Waals surface area contributed by atoms with E-state index in [-0.39, 0.29) is 58.2 Å². The fourth-order valence-corrected chi connectivity index (χ4v) is 0.445. The van der Waals surface area contributed by atoms with Gasteiger partial charge in [0.1, 0.15) is 6.19 Å². The van der Waals surface area contributed by atoms with Gasteiger partial charge < -0.3 is 15.2 Å². The van der Waals surface area contributed by atoms with Crippen LogP contribution < -0.4 is 58.2 Å². The molecule has 0 heterocycles. The van der Waals surface area contributed by atoms with E-state index < -0.39 is 0 Å². The molecule has 0 N–H and O–H groups in total. The first-order valence-corrected chi connectivity index (χ1v) is 2.46. The molecule has 0 aliphatic heterocycles. The maximum Gasteiger partial charge on any atom is 1.00 e. The molecule has 0 saturated heterocycles. The number of rotatable bonds is 0. The zero-order chi connectivity index (χ0) is 7.28. The molecule has 0 bridgehead atoms. The number of aliphatic imine (C=N–C) groups is 1. The predicted octanol–water partition coefficient (Wildman–Crippen LogP) is -2.61. The van der Waals surface area contributed by atoms with Crippen LogP contribution in [0.1, 0.15) is 0 Å². The van der Waals surface area contributed by atoms with Crippen LogP contribution in [-0.2, 0) is 0 Å². The summed E-state index contributed by atoms with van der Waals surface area (Å²) in [6.07, 6.45) is 1.88. The van der Waals surface area contributed by atoms with Gasteiger partial charge in [-0.15, -0.1) is 0 Å². The van der Waals surface area contributed by atoms with Crippen LogP contribution in [0.15, 0.2) is 4.99 Å². The first-order valence-electron chi connectivity index (χ1n) is 2.46. The average molecular weight is 211 g/mol. The molecule has 0 aliphatic carbocycles. The molecule has 0 aromatic heterocycles. The van der Waals surface area contributed by atoms with Gasteiger partial charge in [0, 0.05) is 5.96 Å². The average Bonchev–Trinajstić information content (AvgIpc) is 1.90. The van der Waals surface area contributed by atoms with Gasteiger partial charge in [0.2, 0.25) is 0 Å². The van der Waals surface area contributed by atoms with Crippen molar-refractivity contribution in [2.75, 3.05) is 21.1 Å². The van der Waals surface area contributed by atoms with Crippen LogP contribution in [0.25, 0.3) is 5.32 Å². The molecule has 5 heteroatoms. The zero-order valence-corrected chi connectivity index (χ0v) is 11.7. The first-order chi connectivity index (χ1) is 4.26. The van der Waals surface area contributed by atoms with Crippen molar-refractivity contribution in [2.24, 2.45) is 4.99 Å². The Balaban J connectivity index is 0. The Morgan fingerprint density at radius 3 is 2.30 bits per heavy atom. The molecule has 10 heavy (non-hydrogen) atoms. The van der Waals surface area contributed by atoms with E-state index in [0.717, 1.165) is 0 Å². The van der Waals surface area contributed by atoms with Gasteiger partial charge in [-0.25, -0.2) is 0 Å². The molecule has 4 nitrogen and oxygen atoms in total. The second-order valence-electron chi connectivity index (χ2n) is 1.41. The summed E-state index contributed by atoms with van der Waals surface area (Å²) in [6.45, 7) is 0. The van der Waals surface area contributed by atoms with Crippen molar-refractivity contribution >= 4 is 5.96 Å². The summed E-state index contributed by atoms with van der Waals surface area (Å²) in [6, 6.07) is 0. The maximum absolute atomic E-state index is 8.30. The van der Waals surface area contributed by atoms with Gasteiger partial charge in [0.05, 0.1) is 0 Å². The molecule has 0 atom stereocenters. The van der Waals surface area contributed by atoms with Crippen molar-refractivity contribution in [3.8, 4) is 6.19 Å². The standard InChI is InChI=1S/C5H9N4.Rb/c1-7-5(8-2)9(3)4-6;/h1-3H3;/q-1;+1. The third-order valence-electron chi connectivity index (χ3n) is 0.850. The smallest absolute Gasteiger partial charge is 0.397 e. The summed E-state index contributed by atoms with van der Waals surface area (Å²) >= 11 is 0. The molecule has 0 spiro atoms. The topological polar surface area (TPSA) is 53.5 Å². The summed E-state index contributed by atoms with van der Waals surface area (Å²) in [4.78, 5) is 5.02. The summed E-state index contributed by atoms with van der Waals surface area (Å²) in [5.41, 5.74) is 0. The first kappa shape index (κ1) is 13.2. The summed E-state index contributed by atoms with van der Waals surface area (Å²) in [7, 11) is 4.79. The minimum atomic E-state index is 0. The van der Waals surface area contributed by atoms with Crippen LogP contribution in [0.4, 0.5) is 0 Å². The van der Waals surface area contributed by atoms with Crippen LogP contribution >= 0.6 is 0 Å². The molecule has 0 rings (SSSR count). The number of nitrogens with zero attached hydrogens (tertiary/aromatic N) is 4. The van der Waals surface area contributed by atoms with Crippen molar-refractivity contribution < 1.29 is 58.2 Å². The fourth-order valence-electron chi connectivity index (χ4n) is 0.445. The molecular formula is C5H9N4Rb. The van der Waals surface area contributed by atoms with E-state index in [1.165, 1.54) is 4.90 Å². The van der Waals surface area contributed by atoms with Crippen LogP contribution in [0.5, 0.6) is 0 Å². The largest absolute Gasteiger partial charge is 1.00 e. The van der Waals surface area contributed by atoms with Crippen LogP contribution in [0.3, 0.4) is 0 Å². The molecule has 0 unspecified atom stereocenters. The molecule has 50 valence electrons. The number of hydrogen-bond acceptors (Lipinski definition) is 2. The van der Waals surface area contributed by atoms with Crippen LogP contribution in [0.2, 0.25) is 0 Å². The summed E-state index contributed by atoms with van der Waals surface area (Å²) in [5.74, 6) is 0.442. The van der Waals surface area contributed by atoms with Gasteiger partial charge >= 0.3 is 58.2 Å². The van der Waals surface area contributed by atoms with E-state index in [9.17, 15) is 0 Å². The van der Waals surface area contributed by atoms with Gasteiger partial charge in [-0.05, 0) is 21.1 Å². The molecule has 0 aromatic rings. The minimum Gasteiger partial charge on any atom is -0.397 e. The predicted molar refractivity (Wildman–Crippen MR) is 36.0 cm³/mol. The maximum atomic E-state index is 8.30. The van der Waals surface area contributed by atoms with E-state index in [2.05, 4.69) is 10.3 Å². The molecule has 0 aliphatic rings. The SMILES string of the molecule is CN=C([N-]C)N(C)C#N.[Rb+]. The minimum absolute atomic E-state index is 0. The summed E-state index contributed by atoms with van der Waals surface area (Å²) < 4.78 is 0. The van der Waals surface area contributed by atoms with Gasteiger partial charge in [0.25, 0.3) is 0 Å². The van der Waals surface area contributed by atoms with Gasteiger partial charge in [0.15, 0.2) is 0 Å². The molecule has 0 aromatic carbocycles. The Hall–Kier alpha value is 0.565. The molecule has 0 radical (unpaired) electrons. The normalized spacial score (nSPS) is 9.20. The molecule has 0 fully saturated rings. The van der Waals surface area contributed by atoms with Crippen molar-refractivity contribution in [3.05, 3.63) is 5.32 Å². The van der Waals surface area contributed by atoms with Crippen molar-refractivity contribution in [3.63, 3.8) is 0 Å². The Labute approximate surface area is 110 Å². The quantitative estimate of drug-likeness (QED) is 0.191. The Kier molecular flexibility index (Phi) is 10.1. The Bertz CT molecular complexity index is 148. The third kappa shape index (κ3) is 4.39. The van der Waals surface area contributed by atoms with E-state index in [1.807, 2.05) is 6.19 Å². The number of hydrogen-bond donors (Lipinski definition) is 0. The zero-order valence-electron chi connectivity index (χ0n) is 6.79. The van der Waals surface area contributed by atoms with Crippen molar-refractivity contribution in [2.45, 2.75) is 0 Å². The fraction of sp³-hybridized carbons (Fsp3) is 0.600. The van der Waals surface area contributed by atoms with Crippen LogP contribution in [-0.4, -0.2) is 32.0 Å². The third-order valence-corrected chi connectivity index (χ3v) is 0.850. The molecule has 0 saturated carbocycles. The van der Waals surface area contributed by atoms with E-state index in [1.54, 1.807) is 21.1 Å². The van der Waals surface area contributed by atoms with Gasteiger partial charge in [-0.1, -0.05) is 0 Å². The molecular weight excluding hydrogens is 202 g/mol. The van der Waals surface area contributed by atoms with Gasteiger partial charge in [-0.3, -0.25) is 0 Å². The van der Waals surface area contributed by atoms with E-state index in [4.69, 9.17) is 5.26 Å². The monoisotopic (exact) mass is 210 g/mol. The number of nitriles is 1. The Morgan fingerprint density at radius 2 is 2.20 bits per heavy atom. The van der Waals surface area contributed by atoms with Crippen molar-refractivity contribution in [1.82, 2.24) is 4.90 Å². The second-order valence-corrected chi connectivity index (χ2v) is 1.41. The molecule has 0 amide bonds.